The molecule has 0 saturated carbocycles. The summed E-state index contributed by atoms with van der Waals surface area (Å²) in [5.74, 6) is 0.0241. The number of ether oxygens (including phenoxy) is 1. The Kier molecular flexibility index (Phi) is 5.90. The van der Waals surface area contributed by atoms with E-state index < -0.39 is 0 Å². The van der Waals surface area contributed by atoms with Gasteiger partial charge < -0.3 is 10.1 Å². The molecule has 0 atom stereocenters. The van der Waals surface area contributed by atoms with Crippen molar-refractivity contribution in [2.45, 2.75) is 39.8 Å². The summed E-state index contributed by atoms with van der Waals surface area (Å²) in [4.78, 5) is 17.6. The Bertz CT molecular complexity index is 418. The first-order valence-corrected chi connectivity index (χ1v) is 7.24. The fourth-order valence-electron chi connectivity index (χ4n) is 1.74. The summed E-state index contributed by atoms with van der Waals surface area (Å²) in [7, 11) is 1.69. The van der Waals surface area contributed by atoms with Crippen molar-refractivity contribution in [3.05, 3.63) is 11.1 Å². The second-order valence-corrected chi connectivity index (χ2v) is 5.89. The van der Waals surface area contributed by atoms with Crippen LogP contribution in [0.3, 0.4) is 0 Å². The number of aromatic nitrogens is 1. The normalized spacial score (nSPS) is 11.6. The van der Waals surface area contributed by atoms with Crippen LogP contribution in [0.15, 0.2) is 5.38 Å². The quantitative estimate of drug-likeness (QED) is 0.833. The summed E-state index contributed by atoms with van der Waals surface area (Å²) < 4.78 is 5.15. The van der Waals surface area contributed by atoms with E-state index in [9.17, 15) is 4.79 Å². The molecular formula is C13H23N3O2S. The van der Waals surface area contributed by atoms with Gasteiger partial charge in [-0.3, -0.25) is 9.69 Å². The van der Waals surface area contributed by atoms with Crippen LogP contribution >= 0.6 is 11.3 Å². The Morgan fingerprint density at radius 1 is 1.58 bits per heavy atom. The highest BCUT2D eigenvalue weighted by Crippen LogP contribution is 2.20. The number of anilines is 1. The Labute approximate surface area is 119 Å². The van der Waals surface area contributed by atoms with Gasteiger partial charge in [-0.15, -0.1) is 11.3 Å². The summed E-state index contributed by atoms with van der Waals surface area (Å²) in [5.41, 5.74) is 0.854. The van der Waals surface area contributed by atoms with Gasteiger partial charge in [0.05, 0.1) is 12.3 Å². The molecule has 0 saturated heterocycles. The van der Waals surface area contributed by atoms with Crippen LogP contribution in [0.2, 0.25) is 0 Å². The molecule has 1 N–H and O–H groups in total. The molecule has 0 spiro atoms. The van der Waals surface area contributed by atoms with Crippen molar-refractivity contribution >= 4 is 22.4 Å². The predicted octanol–water partition coefficient (Wildman–Crippen LogP) is 2.03. The van der Waals surface area contributed by atoms with Crippen molar-refractivity contribution in [2.75, 3.05) is 25.2 Å². The fourth-order valence-corrected chi connectivity index (χ4v) is 2.67. The summed E-state index contributed by atoms with van der Waals surface area (Å²) in [6.45, 7) is 9.62. The van der Waals surface area contributed by atoms with E-state index >= 15 is 0 Å². The molecule has 0 bridgehead atoms. The lowest BCUT2D eigenvalue weighted by Crippen LogP contribution is -2.42. The molecule has 0 aliphatic heterocycles. The predicted molar refractivity (Wildman–Crippen MR) is 78.6 cm³/mol. The third kappa shape index (κ3) is 4.89. The molecule has 0 aliphatic rings. The van der Waals surface area contributed by atoms with E-state index in [4.69, 9.17) is 4.74 Å². The summed E-state index contributed by atoms with van der Waals surface area (Å²) in [5, 5.41) is 6.13. The van der Waals surface area contributed by atoms with Crippen LogP contribution in [0.4, 0.5) is 5.13 Å². The van der Waals surface area contributed by atoms with Crippen LogP contribution in [0.5, 0.6) is 0 Å². The number of carbonyl (C=O) groups is 1. The molecule has 0 aromatic carbocycles. The monoisotopic (exact) mass is 285 g/mol. The van der Waals surface area contributed by atoms with Crippen molar-refractivity contribution in [3.8, 4) is 0 Å². The number of thiazole rings is 1. The Hall–Kier alpha value is -0.980. The molecule has 1 amide bonds. The van der Waals surface area contributed by atoms with Crippen molar-refractivity contribution < 1.29 is 9.53 Å². The van der Waals surface area contributed by atoms with Gasteiger partial charge in [-0.25, -0.2) is 4.98 Å². The number of carbonyl (C=O) groups excluding carboxylic acids is 1. The van der Waals surface area contributed by atoms with Gasteiger partial charge in [0.1, 0.15) is 0 Å². The van der Waals surface area contributed by atoms with E-state index in [2.05, 4.69) is 24.1 Å². The van der Waals surface area contributed by atoms with Crippen molar-refractivity contribution in [3.63, 3.8) is 0 Å². The van der Waals surface area contributed by atoms with Gasteiger partial charge in [0.25, 0.3) is 0 Å². The third-order valence-corrected chi connectivity index (χ3v) is 3.63. The lowest BCUT2D eigenvalue weighted by molar-refractivity contribution is -0.116. The highest BCUT2D eigenvalue weighted by molar-refractivity contribution is 7.14. The van der Waals surface area contributed by atoms with Crippen molar-refractivity contribution in [2.24, 2.45) is 0 Å². The first-order valence-electron chi connectivity index (χ1n) is 6.36. The molecule has 0 fully saturated rings. The first-order chi connectivity index (χ1) is 8.89. The van der Waals surface area contributed by atoms with Gasteiger partial charge in [-0.05, 0) is 20.8 Å². The number of hydrogen-bond donors (Lipinski definition) is 1. The zero-order chi connectivity index (χ0) is 14.5. The number of nitrogens with one attached hydrogen (secondary N) is 1. The van der Waals surface area contributed by atoms with Crippen LogP contribution in [-0.2, 0) is 16.1 Å². The lowest BCUT2D eigenvalue weighted by atomic mass is 10.1. The largest absolute Gasteiger partial charge is 0.383 e. The van der Waals surface area contributed by atoms with E-state index in [0.29, 0.717) is 19.7 Å². The second kappa shape index (κ2) is 6.98. The van der Waals surface area contributed by atoms with Crippen molar-refractivity contribution in [1.29, 1.82) is 0 Å². The molecular weight excluding hydrogens is 262 g/mol. The highest BCUT2D eigenvalue weighted by atomic mass is 32.1. The number of nitrogens with zero attached hydrogens (tertiary/aromatic N) is 2. The maximum absolute atomic E-state index is 11.4. The zero-order valence-corrected chi connectivity index (χ0v) is 13.1. The van der Waals surface area contributed by atoms with E-state index in [1.807, 2.05) is 12.3 Å². The molecule has 5 nitrogen and oxygen atoms in total. The standard InChI is InChI=1S/C13H23N3O2S/c1-6-16(10(2)17)12-15-11(8-19-12)7-14-13(3,4)9-18-5/h8,14H,6-7,9H2,1-5H3. The molecule has 6 heteroatoms. The molecule has 0 radical (unpaired) electrons. The van der Waals surface area contributed by atoms with Gasteiger partial charge >= 0.3 is 0 Å². The van der Waals surface area contributed by atoms with Gasteiger partial charge in [0, 0.05) is 38.0 Å². The van der Waals surface area contributed by atoms with Gasteiger partial charge in [0.15, 0.2) is 5.13 Å². The van der Waals surface area contributed by atoms with Crippen molar-refractivity contribution in [1.82, 2.24) is 10.3 Å². The lowest BCUT2D eigenvalue weighted by Gasteiger charge is -2.24. The Morgan fingerprint density at radius 3 is 2.79 bits per heavy atom. The molecule has 0 aliphatic carbocycles. The fraction of sp³-hybridized carbons (Fsp3) is 0.692. The number of rotatable bonds is 7. The van der Waals surface area contributed by atoms with E-state index in [-0.39, 0.29) is 11.4 Å². The summed E-state index contributed by atoms with van der Waals surface area (Å²) in [6.07, 6.45) is 0. The number of hydrogen-bond acceptors (Lipinski definition) is 5. The molecule has 0 unspecified atom stereocenters. The van der Waals surface area contributed by atoms with Crippen LogP contribution < -0.4 is 10.2 Å². The number of amides is 1. The smallest absolute Gasteiger partial charge is 0.225 e. The minimum Gasteiger partial charge on any atom is -0.383 e. The molecule has 108 valence electrons. The van der Waals surface area contributed by atoms with Crippen LogP contribution in [0.1, 0.15) is 33.4 Å². The molecule has 1 aromatic rings. The Balaban J connectivity index is 2.63. The summed E-state index contributed by atoms with van der Waals surface area (Å²) in [6, 6.07) is 0. The van der Waals surface area contributed by atoms with E-state index in [1.54, 1.807) is 18.9 Å². The van der Waals surface area contributed by atoms with Crippen LogP contribution in [0.25, 0.3) is 0 Å². The molecule has 1 heterocycles. The van der Waals surface area contributed by atoms with Crippen LogP contribution in [-0.4, -0.2) is 36.7 Å². The maximum atomic E-state index is 11.4. The summed E-state index contributed by atoms with van der Waals surface area (Å²) >= 11 is 1.50. The average Bonchev–Trinajstić information content (AvgIpc) is 2.76. The molecule has 1 rings (SSSR count). The SMILES string of the molecule is CCN(C(C)=O)c1nc(CNC(C)(C)COC)cs1. The number of methoxy groups -OCH3 is 1. The van der Waals surface area contributed by atoms with Crippen LogP contribution in [0, 0.1) is 0 Å². The molecule has 1 aromatic heterocycles. The average molecular weight is 285 g/mol. The maximum Gasteiger partial charge on any atom is 0.225 e. The van der Waals surface area contributed by atoms with E-state index in [0.717, 1.165) is 10.8 Å². The third-order valence-electron chi connectivity index (χ3n) is 2.72. The van der Waals surface area contributed by atoms with Gasteiger partial charge in [0.2, 0.25) is 5.91 Å². The second-order valence-electron chi connectivity index (χ2n) is 5.06. The molecule has 19 heavy (non-hydrogen) atoms. The topological polar surface area (TPSA) is 54.5 Å². The zero-order valence-electron chi connectivity index (χ0n) is 12.3. The van der Waals surface area contributed by atoms with Gasteiger partial charge in [-0.2, -0.15) is 0 Å². The highest BCUT2D eigenvalue weighted by Gasteiger charge is 2.18. The van der Waals surface area contributed by atoms with Gasteiger partial charge in [-0.1, -0.05) is 0 Å². The minimum absolute atomic E-state index is 0.0241. The minimum atomic E-state index is -0.0937. The Morgan fingerprint density at radius 2 is 2.26 bits per heavy atom. The first kappa shape index (κ1) is 16.1. The van der Waals surface area contributed by atoms with E-state index in [1.165, 1.54) is 11.3 Å².